The van der Waals surface area contributed by atoms with E-state index < -0.39 is 11.5 Å². The van der Waals surface area contributed by atoms with E-state index in [-0.39, 0.29) is 0 Å². The van der Waals surface area contributed by atoms with Crippen molar-refractivity contribution in [1.82, 2.24) is 10.2 Å². The summed E-state index contributed by atoms with van der Waals surface area (Å²) >= 11 is 0. The van der Waals surface area contributed by atoms with E-state index >= 15 is 0 Å². The van der Waals surface area contributed by atoms with E-state index in [2.05, 4.69) is 24.1 Å². The van der Waals surface area contributed by atoms with Crippen molar-refractivity contribution >= 4 is 5.97 Å². The van der Waals surface area contributed by atoms with Crippen LogP contribution in [0.4, 0.5) is 0 Å². The van der Waals surface area contributed by atoms with Gasteiger partial charge in [0, 0.05) is 25.2 Å². The lowest BCUT2D eigenvalue weighted by Crippen LogP contribution is -2.57. The van der Waals surface area contributed by atoms with Crippen molar-refractivity contribution in [1.29, 1.82) is 0 Å². The summed E-state index contributed by atoms with van der Waals surface area (Å²) in [6.07, 6.45) is 0.764. The molecule has 0 aromatic carbocycles. The van der Waals surface area contributed by atoms with Gasteiger partial charge in [0.05, 0.1) is 0 Å². The molecule has 0 radical (unpaired) electrons. The van der Waals surface area contributed by atoms with Gasteiger partial charge in [0.25, 0.3) is 0 Å². The molecular weight excluding hydrogens is 168 g/mol. The summed E-state index contributed by atoms with van der Waals surface area (Å²) in [5.41, 5.74) is -0.644. The zero-order chi connectivity index (χ0) is 9.64. The molecule has 0 amide bonds. The predicted octanol–water partition coefficient (Wildman–Crippen LogP) is -0.104. The highest BCUT2D eigenvalue weighted by Gasteiger charge is 2.54. The van der Waals surface area contributed by atoms with Crippen LogP contribution in [0.5, 0.6) is 0 Å². The van der Waals surface area contributed by atoms with Gasteiger partial charge in [0.2, 0.25) is 0 Å². The first kappa shape index (κ1) is 8.97. The van der Waals surface area contributed by atoms with Crippen LogP contribution < -0.4 is 5.32 Å². The van der Waals surface area contributed by atoms with Crippen LogP contribution in [0, 0.1) is 0 Å². The summed E-state index contributed by atoms with van der Waals surface area (Å²) in [6, 6.07) is 0.879. The first-order chi connectivity index (χ1) is 6.05. The van der Waals surface area contributed by atoms with E-state index in [0.717, 1.165) is 13.0 Å². The molecule has 74 valence electrons. The fraction of sp³-hybridized carbons (Fsp3) is 0.889. The van der Waals surface area contributed by atoms with Gasteiger partial charge in [-0.2, -0.15) is 0 Å². The Morgan fingerprint density at radius 2 is 2.38 bits per heavy atom. The number of piperazine rings is 1. The SMILES string of the molecule is CC(C)N1CC2(C(=O)O)CC1CN2. The van der Waals surface area contributed by atoms with Gasteiger partial charge >= 0.3 is 5.97 Å². The average molecular weight is 184 g/mol. The summed E-state index contributed by atoms with van der Waals surface area (Å²) in [5.74, 6) is -0.696. The van der Waals surface area contributed by atoms with Gasteiger partial charge in [-0.05, 0) is 20.3 Å². The van der Waals surface area contributed by atoms with E-state index in [1.54, 1.807) is 0 Å². The molecule has 13 heavy (non-hydrogen) atoms. The summed E-state index contributed by atoms with van der Waals surface area (Å²) in [5, 5.41) is 12.2. The summed E-state index contributed by atoms with van der Waals surface area (Å²) in [7, 11) is 0. The van der Waals surface area contributed by atoms with Crippen molar-refractivity contribution in [3.8, 4) is 0 Å². The number of rotatable bonds is 2. The van der Waals surface area contributed by atoms with Gasteiger partial charge in [-0.15, -0.1) is 0 Å². The second-order valence-electron chi connectivity index (χ2n) is 4.39. The van der Waals surface area contributed by atoms with Gasteiger partial charge < -0.3 is 5.11 Å². The Hall–Kier alpha value is -0.610. The zero-order valence-electron chi connectivity index (χ0n) is 8.08. The van der Waals surface area contributed by atoms with Crippen molar-refractivity contribution in [2.45, 2.75) is 37.9 Å². The molecule has 0 aromatic rings. The molecule has 2 aliphatic rings. The number of hydrogen-bond donors (Lipinski definition) is 2. The van der Waals surface area contributed by atoms with E-state index in [9.17, 15) is 4.79 Å². The molecule has 4 heteroatoms. The van der Waals surface area contributed by atoms with Gasteiger partial charge in [-0.3, -0.25) is 15.0 Å². The third kappa shape index (κ3) is 1.16. The molecule has 2 bridgehead atoms. The maximum absolute atomic E-state index is 11.1. The molecule has 0 spiro atoms. The molecule has 2 aliphatic heterocycles. The van der Waals surface area contributed by atoms with Crippen molar-refractivity contribution < 1.29 is 9.90 Å². The lowest BCUT2D eigenvalue weighted by Gasteiger charge is -2.33. The number of carboxylic acid groups (broad SMARTS) is 1. The van der Waals surface area contributed by atoms with Crippen LogP contribution in [-0.2, 0) is 4.79 Å². The third-order valence-electron chi connectivity index (χ3n) is 3.25. The number of likely N-dealkylation sites (tertiary alicyclic amines) is 1. The zero-order valence-corrected chi connectivity index (χ0v) is 8.08. The Morgan fingerprint density at radius 1 is 1.69 bits per heavy atom. The number of nitrogens with one attached hydrogen (secondary N) is 1. The smallest absolute Gasteiger partial charge is 0.325 e. The van der Waals surface area contributed by atoms with Crippen molar-refractivity contribution in [3.63, 3.8) is 0 Å². The largest absolute Gasteiger partial charge is 0.480 e. The van der Waals surface area contributed by atoms with Crippen LogP contribution >= 0.6 is 0 Å². The predicted molar refractivity (Wildman–Crippen MR) is 48.6 cm³/mol. The molecule has 2 N–H and O–H groups in total. The lowest BCUT2D eigenvalue weighted by molar-refractivity contribution is -0.144. The molecule has 4 nitrogen and oxygen atoms in total. The minimum absolute atomic E-state index is 0.427. The van der Waals surface area contributed by atoms with Crippen LogP contribution in [0.25, 0.3) is 0 Å². The average Bonchev–Trinajstić information content (AvgIpc) is 2.60. The number of nitrogens with zero attached hydrogens (tertiary/aromatic N) is 1. The Balaban J connectivity index is 2.17. The highest BCUT2D eigenvalue weighted by atomic mass is 16.4. The topological polar surface area (TPSA) is 52.6 Å². The molecule has 2 fully saturated rings. The number of hydrogen-bond acceptors (Lipinski definition) is 3. The van der Waals surface area contributed by atoms with Crippen molar-refractivity contribution in [2.24, 2.45) is 0 Å². The summed E-state index contributed by atoms with van der Waals surface area (Å²) in [4.78, 5) is 13.3. The minimum atomic E-state index is -0.696. The molecule has 2 atom stereocenters. The molecular formula is C9H16N2O2. The van der Waals surface area contributed by atoms with Gasteiger partial charge in [-0.1, -0.05) is 0 Å². The second kappa shape index (κ2) is 2.69. The Morgan fingerprint density at radius 3 is 2.77 bits per heavy atom. The van der Waals surface area contributed by atoms with E-state index in [4.69, 9.17) is 5.11 Å². The van der Waals surface area contributed by atoms with Crippen molar-refractivity contribution in [3.05, 3.63) is 0 Å². The molecule has 2 heterocycles. The molecule has 2 rings (SSSR count). The van der Waals surface area contributed by atoms with E-state index in [0.29, 0.717) is 18.6 Å². The van der Waals surface area contributed by atoms with E-state index in [1.165, 1.54) is 0 Å². The Labute approximate surface area is 77.9 Å². The maximum atomic E-state index is 11.1. The fourth-order valence-corrected chi connectivity index (χ4v) is 2.49. The standard InChI is InChI=1S/C9H16N2O2/c1-6(2)11-5-9(8(12)13)3-7(11)4-10-9/h6-7,10H,3-5H2,1-2H3,(H,12,13). The van der Waals surface area contributed by atoms with Crippen LogP contribution in [-0.4, -0.2) is 46.7 Å². The number of carbonyl (C=O) groups is 1. The molecule has 2 unspecified atom stereocenters. The normalized spacial score (nSPS) is 38.8. The third-order valence-corrected chi connectivity index (χ3v) is 3.25. The quantitative estimate of drug-likeness (QED) is 0.629. The maximum Gasteiger partial charge on any atom is 0.325 e. The monoisotopic (exact) mass is 184 g/mol. The van der Waals surface area contributed by atoms with Gasteiger partial charge in [0.15, 0.2) is 0 Å². The van der Waals surface area contributed by atoms with Crippen LogP contribution in [0.2, 0.25) is 0 Å². The number of carboxylic acids is 1. The first-order valence-corrected chi connectivity index (χ1v) is 4.79. The highest BCUT2D eigenvalue weighted by molar-refractivity contribution is 5.80. The molecule has 0 saturated carbocycles. The van der Waals surface area contributed by atoms with E-state index in [1.807, 2.05) is 0 Å². The molecule has 0 aliphatic carbocycles. The molecule has 2 saturated heterocycles. The minimum Gasteiger partial charge on any atom is -0.480 e. The highest BCUT2D eigenvalue weighted by Crippen LogP contribution is 2.34. The summed E-state index contributed by atoms with van der Waals surface area (Å²) in [6.45, 7) is 5.72. The van der Waals surface area contributed by atoms with Crippen LogP contribution in [0.15, 0.2) is 0 Å². The molecule has 0 aromatic heterocycles. The second-order valence-corrected chi connectivity index (χ2v) is 4.39. The van der Waals surface area contributed by atoms with Crippen LogP contribution in [0.3, 0.4) is 0 Å². The van der Waals surface area contributed by atoms with Crippen LogP contribution in [0.1, 0.15) is 20.3 Å². The van der Waals surface area contributed by atoms with Gasteiger partial charge in [-0.25, -0.2) is 0 Å². The fourth-order valence-electron chi connectivity index (χ4n) is 2.49. The summed E-state index contributed by atoms with van der Waals surface area (Å²) < 4.78 is 0. The van der Waals surface area contributed by atoms with Gasteiger partial charge in [0.1, 0.15) is 5.54 Å². The number of aliphatic carboxylic acids is 1. The Bertz CT molecular complexity index is 242. The lowest BCUT2D eigenvalue weighted by atomic mass is 10.0. The first-order valence-electron chi connectivity index (χ1n) is 4.79. The Kier molecular flexibility index (Phi) is 1.85. The number of fused-ring (bicyclic) bond motifs is 2. The van der Waals surface area contributed by atoms with Crippen molar-refractivity contribution in [2.75, 3.05) is 13.1 Å².